The van der Waals surface area contributed by atoms with Gasteiger partial charge >= 0.3 is 5.97 Å². The molecule has 1 unspecified atom stereocenters. The number of hydrogen-bond donors (Lipinski definition) is 1. The SMILES string of the molecule is C/C(=C\C1(C)CO1)C(=O)O. The summed E-state index contributed by atoms with van der Waals surface area (Å²) in [4.78, 5) is 10.3. The Labute approximate surface area is 59.3 Å². The van der Waals surface area contributed by atoms with Crippen molar-refractivity contribution >= 4 is 5.97 Å². The van der Waals surface area contributed by atoms with Crippen LogP contribution in [-0.4, -0.2) is 23.3 Å². The van der Waals surface area contributed by atoms with Gasteiger partial charge < -0.3 is 9.84 Å². The van der Waals surface area contributed by atoms with Gasteiger partial charge in [0.2, 0.25) is 0 Å². The van der Waals surface area contributed by atoms with Crippen molar-refractivity contribution in [3.63, 3.8) is 0 Å². The van der Waals surface area contributed by atoms with Crippen molar-refractivity contribution in [2.75, 3.05) is 6.61 Å². The molecule has 1 atom stereocenters. The molecule has 10 heavy (non-hydrogen) atoms. The van der Waals surface area contributed by atoms with E-state index in [4.69, 9.17) is 9.84 Å². The lowest BCUT2D eigenvalue weighted by atomic mass is 10.1. The molecule has 0 aromatic carbocycles. The number of carboxylic acids is 1. The van der Waals surface area contributed by atoms with Crippen molar-refractivity contribution in [1.82, 2.24) is 0 Å². The fraction of sp³-hybridized carbons (Fsp3) is 0.571. The van der Waals surface area contributed by atoms with Crippen molar-refractivity contribution < 1.29 is 14.6 Å². The van der Waals surface area contributed by atoms with Gasteiger partial charge in [-0.1, -0.05) is 0 Å². The summed E-state index contributed by atoms with van der Waals surface area (Å²) in [5, 5.41) is 8.45. The van der Waals surface area contributed by atoms with Crippen LogP contribution in [0.1, 0.15) is 13.8 Å². The van der Waals surface area contributed by atoms with E-state index in [0.717, 1.165) is 0 Å². The molecule has 1 rings (SSSR count). The second kappa shape index (κ2) is 2.09. The molecule has 3 heteroatoms. The molecule has 1 fully saturated rings. The summed E-state index contributed by atoms with van der Waals surface area (Å²) >= 11 is 0. The van der Waals surface area contributed by atoms with Gasteiger partial charge in [0.15, 0.2) is 0 Å². The first-order valence-electron chi connectivity index (χ1n) is 3.10. The second-order valence-corrected chi connectivity index (χ2v) is 2.73. The molecule has 1 saturated heterocycles. The Bertz CT molecular complexity index is 189. The largest absolute Gasteiger partial charge is 0.478 e. The maximum absolute atomic E-state index is 10.3. The van der Waals surface area contributed by atoms with E-state index in [1.54, 1.807) is 13.0 Å². The van der Waals surface area contributed by atoms with Crippen LogP contribution >= 0.6 is 0 Å². The minimum atomic E-state index is -0.878. The zero-order valence-corrected chi connectivity index (χ0v) is 6.05. The molecule has 1 heterocycles. The molecule has 0 bridgehead atoms. The van der Waals surface area contributed by atoms with Crippen LogP contribution in [0.25, 0.3) is 0 Å². The highest BCUT2D eigenvalue weighted by atomic mass is 16.6. The third kappa shape index (κ3) is 1.57. The van der Waals surface area contributed by atoms with Crippen molar-refractivity contribution in [1.29, 1.82) is 0 Å². The Morgan fingerprint density at radius 2 is 2.30 bits per heavy atom. The summed E-state index contributed by atoms with van der Waals surface area (Å²) in [6, 6.07) is 0. The minimum Gasteiger partial charge on any atom is -0.478 e. The van der Waals surface area contributed by atoms with E-state index >= 15 is 0 Å². The molecule has 0 radical (unpaired) electrons. The van der Waals surface area contributed by atoms with Gasteiger partial charge in [-0.3, -0.25) is 0 Å². The van der Waals surface area contributed by atoms with Crippen molar-refractivity contribution in [2.24, 2.45) is 0 Å². The van der Waals surface area contributed by atoms with Crippen molar-refractivity contribution in [3.05, 3.63) is 11.6 Å². The number of ether oxygens (including phenoxy) is 1. The summed E-state index contributed by atoms with van der Waals surface area (Å²) in [7, 11) is 0. The minimum absolute atomic E-state index is 0.289. The molecule has 0 amide bonds. The number of carboxylic acid groups (broad SMARTS) is 1. The van der Waals surface area contributed by atoms with Gasteiger partial charge in [0, 0.05) is 5.57 Å². The smallest absolute Gasteiger partial charge is 0.331 e. The van der Waals surface area contributed by atoms with E-state index < -0.39 is 5.97 Å². The van der Waals surface area contributed by atoms with E-state index in [0.29, 0.717) is 12.2 Å². The van der Waals surface area contributed by atoms with Gasteiger partial charge in [0.1, 0.15) is 5.60 Å². The summed E-state index contributed by atoms with van der Waals surface area (Å²) in [5.41, 5.74) is 0.0580. The molecule has 0 saturated carbocycles. The van der Waals surface area contributed by atoms with E-state index in [1.807, 2.05) is 6.92 Å². The van der Waals surface area contributed by atoms with Gasteiger partial charge in [-0.2, -0.15) is 0 Å². The van der Waals surface area contributed by atoms with E-state index in [9.17, 15) is 4.79 Å². The predicted octanol–water partition coefficient (Wildman–Crippen LogP) is 0.806. The second-order valence-electron chi connectivity index (χ2n) is 2.73. The van der Waals surface area contributed by atoms with Crippen LogP contribution in [0.3, 0.4) is 0 Å². The van der Waals surface area contributed by atoms with Crippen LogP contribution in [-0.2, 0) is 9.53 Å². The Morgan fingerprint density at radius 3 is 2.60 bits per heavy atom. The van der Waals surface area contributed by atoms with Crippen LogP contribution in [0.5, 0.6) is 0 Å². The monoisotopic (exact) mass is 142 g/mol. The Kier molecular flexibility index (Phi) is 1.52. The highest BCUT2D eigenvalue weighted by molar-refractivity contribution is 5.86. The van der Waals surface area contributed by atoms with E-state index in [1.165, 1.54) is 0 Å². The third-order valence-electron chi connectivity index (χ3n) is 1.46. The summed E-state index contributed by atoms with van der Waals surface area (Å²) in [6.07, 6.45) is 1.63. The first-order valence-corrected chi connectivity index (χ1v) is 3.10. The van der Waals surface area contributed by atoms with Gasteiger partial charge in [0.05, 0.1) is 6.61 Å². The molecule has 0 aromatic heterocycles. The summed E-state index contributed by atoms with van der Waals surface area (Å²) in [6.45, 7) is 4.06. The van der Waals surface area contributed by atoms with Crippen LogP contribution in [0.4, 0.5) is 0 Å². The molecule has 0 spiro atoms. The Balaban J connectivity index is 2.62. The molecule has 56 valence electrons. The maximum Gasteiger partial charge on any atom is 0.331 e. The van der Waals surface area contributed by atoms with Gasteiger partial charge in [-0.15, -0.1) is 0 Å². The molecule has 3 nitrogen and oxygen atoms in total. The highest BCUT2D eigenvalue weighted by Gasteiger charge is 2.37. The third-order valence-corrected chi connectivity index (χ3v) is 1.46. The van der Waals surface area contributed by atoms with Crippen LogP contribution in [0.2, 0.25) is 0 Å². The average molecular weight is 142 g/mol. The quantitative estimate of drug-likeness (QED) is 0.458. The lowest BCUT2D eigenvalue weighted by Crippen LogP contribution is -2.04. The van der Waals surface area contributed by atoms with E-state index in [-0.39, 0.29) is 5.60 Å². The number of epoxide rings is 1. The number of aliphatic carboxylic acids is 1. The summed E-state index contributed by atoms with van der Waals surface area (Å²) < 4.78 is 4.98. The summed E-state index contributed by atoms with van der Waals surface area (Å²) in [5.74, 6) is -0.878. The maximum atomic E-state index is 10.3. The van der Waals surface area contributed by atoms with Crippen molar-refractivity contribution in [3.8, 4) is 0 Å². The zero-order chi connectivity index (χ0) is 7.78. The molecule has 1 aliphatic rings. The molecular formula is C7H10O3. The predicted molar refractivity (Wildman–Crippen MR) is 35.7 cm³/mol. The Hall–Kier alpha value is -0.830. The topological polar surface area (TPSA) is 49.8 Å². The van der Waals surface area contributed by atoms with Gasteiger partial charge in [0.25, 0.3) is 0 Å². The lowest BCUT2D eigenvalue weighted by molar-refractivity contribution is -0.132. The first-order chi connectivity index (χ1) is 4.53. The lowest BCUT2D eigenvalue weighted by Gasteiger charge is -1.96. The van der Waals surface area contributed by atoms with E-state index in [2.05, 4.69) is 0 Å². The normalized spacial score (nSPS) is 32.0. The molecule has 0 aromatic rings. The highest BCUT2D eigenvalue weighted by Crippen LogP contribution is 2.28. The van der Waals surface area contributed by atoms with Gasteiger partial charge in [-0.05, 0) is 19.9 Å². The van der Waals surface area contributed by atoms with Gasteiger partial charge in [-0.25, -0.2) is 4.79 Å². The van der Waals surface area contributed by atoms with Crippen LogP contribution in [0.15, 0.2) is 11.6 Å². The zero-order valence-electron chi connectivity index (χ0n) is 6.05. The first kappa shape index (κ1) is 7.28. The Morgan fingerprint density at radius 1 is 1.80 bits per heavy atom. The van der Waals surface area contributed by atoms with Crippen LogP contribution in [0, 0.1) is 0 Å². The fourth-order valence-corrected chi connectivity index (χ4v) is 0.717. The number of hydrogen-bond acceptors (Lipinski definition) is 2. The molecule has 1 N–H and O–H groups in total. The molecule has 1 aliphatic heterocycles. The number of carbonyl (C=O) groups is 1. The van der Waals surface area contributed by atoms with Crippen molar-refractivity contribution in [2.45, 2.75) is 19.4 Å². The standard InChI is InChI=1S/C7H10O3/c1-5(6(8)9)3-7(2)4-10-7/h3H,4H2,1-2H3,(H,8,9)/b5-3+. The van der Waals surface area contributed by atoms with Crippen LogP contribution < -0.4 is 0 Å². The molecule has 0 aliphatic carbocycles. The number of rotatable bonds is 2. The average Bonchev–Trinajstić information content (AvgIpc) is 2.47. The fourth-order valence-electron chi connectivity index (χ4n) is 0.717. The molecular weight excluding hydrogens is 132 g/mol.